The van der Waals surface area contributed by atoms with Crippen LogP contribution in [0.25, 0.3) is 0 Å². The van der Waals surface area contributed by atoms with Gasteiger partial charge in [-0.3, -0.25) is 4.79 Å². The summed E-state index contributed by atoms with van der Waals surface area (Å²) in [5.41, 5.74) is 1.08. The summed E-state index contributed by atoms with van der Waals surface area (Å²) >= 11 is 0. The van der Waals surface area contributed by atoms with Crippen LogP contribution in [0.5, 0.6) is 5.75 Å². The van der Waals surface area contributed by atoms with E-state index in [4.69, 9.17) is 4.74 Å². The molecule has 0 bridgehead atoms. The molecule has 0 aromatic heterocycles. The fourth-order valence-corrected chi connectivity index (χ4v) is 3.11. The molecule has 1 N–H and O–H groups in total. The van der Waals surface area contributed by atoms with Gasteiger partial charge in [-0.05, 0) is 61.3 Å². The Morgan fingerprint density at radius 3 is 2.14 bits per heavy atom. The summed E-state index contributed by atoms with van der Waals surface area (Å²) in [6.07, 6.45) is 4.59. The van der Waals surface area contributed by atoms with Crippen molar-refractivity contribution >= 4 is 5.91 Å². The third-order valence-corrected chi connectivity index (χ3v) is 4.64. The highest BCUT2D eigenvalue weighted by molar-refractivity contribution is 5.94. The largest absolute Gasteiger partial charge is 0.497 e. The summed E-state index contributed by atoms with van der Waals surface area (Å²) in [6, 6.07) is 7.60. The Morgan fingerprint density at radius 1 is 1.10 bits per heavy atom. The van der Waals surface area contributed by atoms with Gasteiger partial charge in [-0.1, -0.05) is 20.8 Å². The van der Waals surface area contributed by atoms with E-state index in [1.165, 1.54) is 12.8 Å². The first-order valence-corrected chi connectivity index (χ1v) is 7.85. The molecule has 1 aliphatic rings. The van der Waals surface area contributed by atoms with Crippen LogP contribution in [-0.4, -0.2) is 19.1 Å². The lowest BCUT2D eigenvalue weighted by atomic mass is 9.71. The highest BCUT2D eigenvalue weighted by Gasteiger charge is 2.30. The van der Waals surface area contributed by atoms with Crippen molar-refractivity contribution in [2.75, 3.05) is 7.11 Å². The molecule has 3 nitrogen and oxygen atoms in total. The highest BCUT2D eigenvalue weighted by Crippen LogP contribution is 2.37. The van der Waals surface area contributed by atoms with Gasteiger partial charge in [0.1, 0.15) is 5.75 Å². The average molecular weight is 289 g/mol. The van der Waals surface area contributed by atoms with E-state index < -0.39 is 0 Å². The van der Waals surface area contributed by atoms with Crippen LogP contribution >= 0.6 is 0 Å². The standard InChI is InChI=1S/C18H27NO2/c1-18(2,3)14-7-9-15(10-8-14)19-17(20)13-5-11-16(21-4)12-6-13/h5-6,11-12,14-15H,7-10H2,1-4H3,(H,19,20). The third-order valence-electron chi connectivity index (χ3n) is 4.64. The Hall–Kier alpha value is -1.51. The topological polar surface area (TPSA) is 38.3 Å². The van der Waals surface area contributed by atoms with Gasteiger partial charge >= 0.3 is 0 Å². The van der Waals surface area contributed by atoms with Gasteiger partial charge < -0.3 is 10.1 Å². The molecule has 1 aliphatic carbocycles. The molecule has 21 heavy (non-hydrogen) atoms. The maximum Gasteiger partial charge on any atom is 0.251 e. The van der Waals surface area contributed by atoms with Gasteiger partial charge in [0.15, 0.2) is 0 Å². The Labute approximate surface area is 128 Å². The molecule has 1 amide bonds. The zero-order valence-electron chi connectivity index (χ0n) is 13.6. The summed E-state index contributed by atoms with van der Waals surface area (Å²) in [5, 5.41) is 3.16. The number of benzene rings is 1. The minimum Gasteiger partial charge on any atom is -0.497 e. The maximum absolute atomic E-state index is 12.2. The second-order valence-corrected chi connectivity index (χ2v) is 7.12. The molecule has 0 atom stereocenters. The molecule has 1 saturated carbocycles. The van der Waals surface area contributed by atoms with Crippen molar-refractivity contribution < 1.29 is 9.53 Å². The van der Waals surface area contributed by atoms with Crippen molar-refractivity contribution in [3.05, 3.63) is 29.8 Å². The molecule has 0 spiro atoms. The molecule has 0 saturated heterocycles. The van der Waals surface area contributed by atoms with Gasteiger partial charge in [-0.15, -0.1) is 0 Å². The zero-order chi connectivity index (χ0) is 15.5. The van der Waals surface area contributed by atoms with Gasteiger partial charge in [-0.25, -0.2) is 0 Å². The normalized spacial score (nSPS) is 22.7. The number of ether oxygens (including phenoxy) is 1. The summed E-state index contributed by atoms with van der Waals surface area (Å²) in [4.78, 5) is 12.2. The molecule has 1 fully saturated rings. The molecule has 0 heterocycles. The maximum atomic E-state index is 12.2. The molecule has 1 aromatic carbocycles. The van der Waals surface area contributed by atoms with Gasteiger partial charge in [0, 0.05) is 11.6 Å². The quantitative estimate of drug-likeness (QED) is 0.912. The van der Waals surface area contributed by atoms with Crippen LogP contribution in [0.15, 0.2) is 24.3 Å². The van der Waals surface area contributed by atoms with Gasteiger partial charge in [0.05, 0.1) is 7.11 Å². The Bertz CT molecular complexity index is 465. The van der Waals surface area contributed by atoms with Crippen molar-refractivity contribution in [3.63, 3.8) is 0 Å². The van der Waals surface area contributed by atoms with Crippen LogP contribution in [0.4, 0.5) is 0 Å². The lowest BCUT2D eigenvalue weighted by Gasteiger charge is -2.37. The fraction of sp³-hybridized carbons (Fsp3) is 0.611. The zero-order valence-corrected chi connectivity index (χ0v) is 13.6. The smallest absolute Gasteiger partial charge is 0.251 e. The minimum absolute atomic E-state index is 0.0249. The number of rotatable bonds is 3. The Balaban J connectivity index is 1.86. The van der Waals surface area contributed by atoms with Crippen LogP contribution in [0.3, 0.4) is 0 Å². The molecule has 1 aromatic rings. The van der Waals surface area contributed by atoms with Gasteiger partial charge in [0.25, 0.3) is 5.91 Å². The van der Waals surface area contributed by atoms with Crippen molar-refractivity contribution in [1.29, 1.82) is 0 Å². The van der Waals surface area contributed by atoms with Gasteiger partial charge in [0.2, 0.25) is 0 Å². The number of hydrogen-bond donors (Lipinski definition) is 1. The molecule has 0 unspecified atom stereocenters. The Morgan fingerprint density at radius 2 is 1.67 bits per heavy atom. The average Bonchev–Trinajstić information content (AvgIpc) is 2.47. The molecular formula is C18H27NO2. The van der Waals surface area contributed by atoms with Crippen molar-refractivity contribution in [1.82, 2.24) is 5.32 Å². The van der Waals surface area contributed by atoms with Crippen molar-refractivity contribution in [2.24, 2.45) is 11.3 Å². The number of amides is 1. The summed E-state index contributed by atoms with van der Waals surface area (Å²) in [7, 11) is 1.63. The fourth-order valence-electron chi connectivity index (χ4n) is 3.11. The lowest BCUT2D eigenvalue weighted by molar-refractivity contribution is 0.0904. The van der Waals surface area contributed by atoms with E-state index in [1.807, 2.05) is 24.3 Å². The Kier molecular flexibility index (Phi) is 4.92. The number of carbonyl (C=O) groups is 1. The first-order valence-electron chi connectivity index (χ1n) is 7.85. The van der Waals surface area contributed by atoms with Crippen LogP contribution in [0, 0.1) is 11.3 Å². The molecule has 3 heteroatoms. The predicted molar refractivity (Wildman–Crippen MR) is 85.7 cm³/mol. The van der Waals surface area contributed by atoms with Crippen molar-refractivity contribution in [2.45, 2.75) is 52.5 Å². The summed E-state index contributed by atoms with van der Waals surface area (Å²) < 4.78 is 5.11. The highest BCUT2D eigenvalue weighted by atomic mass is 16.5. The van der Waals surface area contributed by atoms with E-state index in [2.05, 4.69) is 26.1 Å². The van der Waals surface area contributed by atoms with Crippen LogP contribution < -0.4 is 10.1 Å². The van der Waals surface area contributed by atoms with E-state index in [-0.39, 0.29) is 5.91 Å². The second-order valence-electron chi connectivity index (χ2n) is 7.12. The van der Waals surface area contributed by atoms with Crippen LogP contribution in [-0.2, 0) is 0 Å². The van der Waals surface area contributed by atoms with Crippen LogP contribution in [0.2, 0.25) is 0 Å². The van der Waals surface area contributed by atoms with Crippen LogP contribution in [0.1, 0.15) is 56.8 Å². The molecule has 2 rings (SSSR count). The number of nitrogens with one attached hydrogen (secondary N) is 1. The first kappa shape index (κ1) is 15.9. The van der Waals surface area contributed by atoms with Crippen molar-refractivity contribution in [3.8, 4) is 5.75 Å². The second kappa shape index (κ2) is 6.50. The number of hydrogen-bond acceptors (Lipinski definition) is 2. The SMILES string of the molecule is COc1ccc(C(=O)NC2CCC(C(C)(C)C)CC2)cc1. The first-order chi connectivity index (χ1) is 9.90. The summed E-state index contributed by atoms with van der Waals surface area (Å²) in [5.74, 6) is 1.57. The van der Waals surface area contributed by atoms with Gasteiger partial charge in [-0.2, -0.15) is 0 Å². The molecule has 116 valence electrons. The summed E-state index contributed by atoms with van der Waals surface area (Å²) in [6.45, 7) is 6.94. The van der Waals surface area contributed by atoms with E-state index in [0.717, 1.165) is 24.5 Å². The number of methoxy groups -OCH3 is 1. The molecule has 0 radical (unpaired) electrons. The minimum atomic E-state index is 0.0249. The van der Waals surface area contributed by atoms with E-state index in [9.17, 15) is 4.79 Å². The monoisotopic (exact) mass is 289 g/mol. The van der Waals surface area contributed by atoms with E-state index in [0.29, 0.717) is 17.0 Å². The third kappa shape index (κ3) is 4.23. The molecule has 0 aliphatic heterocycles. The number of carbonyl (C=O) groups excluding carboxylic acids is 1. The lowest BCUT2D eigenvalue weighted by Crippen LogP contribution is -2.39. The van der Waals surface area contributed by atoms with E-state index >= 15 is 0 Å². The predicted octanol–water partition coefficient (Wildman–Crippen LogP) is 4.03. The van der Waals surface area contributed by atoms with E-state index in [1.54, 1.807) is 7.11 Å². The molecular weight excluding hydrogens is 262 g/mol.